The molecule has 5 nitrogen and oxygen atoms in total. The summed E-state index contributed by atoms with van der Waals surface area (Å²) in [5, 5.41) is 15.8. The zero-order chi connectivity index (χ0) is 14.6. The Labute approximate surface area is 110 Å². The van der Waals surface area contributed by atoms with Crippen LogP contribution in [0, 0.1) is 0 Å². The number of aliphatic carboxylic acids is 2. The Hall–Kier alpha value is -1.40. The van der Waals surface area contributed by atoms with Gasteiger partial charge in [0.05, 0.1) is 0 Å². The van der Waals surface area contributed by atoms with Crippen molar-refractivity contribution in [3.63, 3.8) is 0 Å². The van der Waals surface area contributed by atoms with Crippen molar-refractivity contribution in [3.05, 3.63) is 24.3 Å². The second kappa shape index (κ2) is 12.1. The molecule has 0 aromatic rings. The highest BCUT2D eigenvalue weighted by atomic mass is 28.2. The molecule has 1 saturated heterocycles. The molecule has 2 N–H and O–H groups in total. The van der Waals surface area contributed by atoms with Gasteiger partial charge >= 0.3 is 11.9 Å². The molecule has 0 aromatic heterocycles. The third kappa shape index (κ3) is 17.0. The van der Waals surface area contributed by atoms with E-state index in [2.05, 4.69) is 13.2 Å². The monoisotopic (exact) mass is 274 g/mol. The molecule has 1 heterocycles. The van der Waals surface area contributed by atoms with Crippen molar-refractivity contribution in [1.29, 1.82) is 0 Å². The molecule has 1 aliphatic rings. The average Bonchev–Trinajstić information content (AvgIpc) is 2.32. The summed E-state index contributed by atoms with van der Waals surface area (Å²) in [6.07, 6.45) is 2.75. The molecule has 0 aromatic carbocycles. The van der Waals surface area contributed by atoms with Crippen molar-refractivity contribution in [2.45, 2.75) is 32.7 Å². The number of carboxylic acids is 2. The van der Waals surface area contributed by atoms with E-state index in [9.17, 15) is 9.59 Å². The zero-order valence-electron chi connectivity index (χ0n) is 11.1. The summed E-state index contributed by atoms with van der Waals surface area (Å²) in [5.41, 5.74) is 0.352. The minimum Gasteiger partial charge on any atom is -0.478 e. The minimum absolute atomic E-state index is 0.00849. The van der Waals surface area contributed by atoms with Crippen LogP contribution in [0.3, 0.4) is 0 Å². The van der Waals surface area contributed by atoms with E-state index in [0.29, 0.717) is 0 Å². The van der Waals surface area contributed by atoms with Crippen LogP contribution in [-0.4, -0.2) is 38.5 Å². The Balaban J connectivity index is 0. The summed E-state index contributed by atoms with van der Waals surface area (Å²) in [4.78, 5) is 19.2. The maximum Gasteiger partial charge on any atom is 0.330 e. The maximum absolute atomic E-state index is 9.60. The van der Waals surface area contributed by atoms with Crippen LogP contribution in [-0.2, 0) is 14.0 Å². The molecule has 1 rings (SSSR count). The summed E-state index contributed by atoms with van der Waals surface area (Å²) >= 11 is 0. The lowest BCUT2D eigenvalue weighted by atomic mass is 10.4. The summed E-state index contributed by atoms with van der Waals surface area (Å²) in [6, 6.07) is 1.42. The largest absolute Gasteiger partial charge is 0.478 e. The molecule has 18 heavy (non-hydrogen) atoms. The van der Waals surface area contributed by atoms with E-state index in [4.69, 9.17) is 14.6 Å². The highest BCUT2D eigenvalue weighted by Gasteiger charge is 1.96. The van der Waals surface area contributed by atoms with Gasteiger partial charge in [0.15, 0.2) is 9.76 Å². The minimum atomic E-state index is -0.935. The highest BCUT2D eigenvalue weighted by molar-refractivity contribution is 6.27. The molecular weight excluding hydrogens is 252 g/mol. The van der Waals surface area contributed by atoms with E-state index >= 15 is 0 Å². The van der Waals surface area contributed by atoms with Crippen LogP contribution in [0.1, 0.15) is 26.7 Å². The lowest BCUT2D eigenvalue weighted by molar-refractivity contribution is -0.133. The van der Waals surface area contributed by atoms with Crippen molar-refractivity contribution < 1.29 is 24.2 Å². The topological polar surface area (TPSA) is 83.8 Å². The van der Waals surface area contributed by atoms with E-state index < -0.39 is 11.9 Å². The number of carboxylic acid groups (broad SMARTS) is 2. The van der Waals surface area contributed by atoms with Crippen LogP contribution in [0.2, 0.25) is 6.04 Å². The van der Waals surface area contributed by atoms with Crippen LogP contribution < -0.4 is 0 Å². The highest BCUT2D eigenvalue weighted by Crippen LogP contribution is 2.01. The Bertz CT molecular complexity index is 235. The number of carbonyl (C=O) groups is 2. The molecule has 0 bridgehead atoms. The van der Waals surface area contributed by atoms with Gasteiger partial charge in [-0.05, 0) is 26.3 Å². The first kappa shape index (κ1) is 18.9. The van der Waals surface area contributed by atoms with Gasteiger partial charge in [-0.3, -0.25) is 0 Å². The summed E-state index contributed by atoms with van der Waals surface area (Å²) in [5.74, 6) is -1.87. The van der Waals surface area contributed by atoms with Gasteiger partial charge in [0.25, 0.3) is 0 Å². The second-order valence-corrected chi connectivity index (χ2v) is 5.37. The van der Waals surface area contributed by atoms with Gasteiger partial charge < -0.3 is 14.6 Å². The van der Waals surface area contributed by atoms with Gasteiger partial charge in [0.2, 0.25) is 0 Å². The van der Waals surface area contributed by atoms with Crippen molar-refractivity contribution in [2.24, 2.45) is 0 Å². The quantitative estimate of drug-likeness (QED) is 0.590. The first-order valence-corrected chi connectivity index (χ1v) is 7.22. The van der Waals surface area contributed by atoms with E-state index in [1.807, 2.05) is 0 Å². The molecule has 0 atom stereocenters. The fourth-order valence-electron chi connectivity index (χ4n) is 0.687. The van der Waals surface area contributed by atoms with E-state index in [1.54, 1.807) is 0 Å². The van der Waals surface area contributed by atoms with E-state index in [1.165, 1.54) is 32.7 Å². The van der Waals surface area contributed by atoms with Crippen molar-refractivity contribution >= 4 is 21.7 Å². The molecule has 1 aliphatic heterocycles. The smallest absolute Gasteiger partial charge is 0.330 e. The molecule has 0 saturated carbocycles. The van der Waals surface area contributed by atoms with Gasteiger partial charge in [0, 0.05) is 17.8 Å². The molecule has 6 heteroatoms. The third-order valence-electron chi connectivity index (χ3n) is 1.81. The average molecular weight is 274 g/mol. The molecule has 0 amide bonds. The van der Waals surface area contributed by atoms with Crippen LogP contribution >= 0.6 is 0 Å². The SMILES string of the molecule is C1CC[SiH2]OC1.C=C(C)C(=O)O.C=C(C)C(=O)O. The Morgan fingerprint density at radius 2 is 1.44 bits per heavy atom. The first-order chi connectivity index (χ1) is 8.29. The maximum atomic E-state index is 9.60. The first-order valence-electron chi connectivity index (χ1n) is 5.64. The normalized spacial score (nSPS) is 14.3. The van der Waals surface area contributed by atoms with Crippen molar-refractivity contribution in [2.75, 3.05) is 6.61 Å². The van der Waals surface area contributed by atoms with Crippen LogP contribution in [0.5, 0.6) is 0 Å². The molecule has 104 valence electrons. The van der Waals surface area contributed by atoms with Crippen LogP contribution in [0.25, 0.3) is 0 Å². The Kier molecular flexibility index (Phi) is 12.7. The Morgan fingerprint density at radius 1 is 1.06 bits per heavy atom. The lowest BCUT2D eigenvalue weighted by Crippen LogP contribution is -2.06. The Morgan fingerprint density at radius 3 is 1.50 bits per heavy atom. The van der Waals surface area contributed by atoms with Gasteiger partial charge in [-0.15, -0.1) is 0 Å². The number of hydrogen-bond donors (Lipinski definition) is 2. The summed E-state index contributed by atoms with van der Waals surface area (Å²) in [7, 11) is 0.00849. The summed E-state index contributed by atoms with van der Waals surface area (Å²) in [6.45, 7) is 10.3. The van der Waals surface area contributed by atoms with Gasteiger partial charge in [0.1, 0.15) is 0 Å². The fraction of sp³-hybridized carbons (Fsp3) is 0.500. The van der Waals surface area contributed by atoms with E-state index in [0.717, 1.165) is 6.61 Å². The zero-order valence-corrected chi connectivity index (χ0v) is 12.5. The van der Waals surface area contributed by atoms with E-state index in [-0.39, 0.29) is 20.9 Å². The predicted molar refractivity (Wildman–Crippen MR) is 73.4 cm³/mol. The molecule has 1 fully saturated rings. The van der Waals surface area contributed by atoms with Crippen LogP contribution in [0.4, 0.5) is 0 Å². The van der Waals surface area contributed by atoms with Crippen molar-refractivity contribution in [1.82, 2.24) is 0 Å². The predicted octanol–water partition coefficient (Wildman–Crippen LogP) is 1.59. The molecule has 0 spiro atoms. The fourth-order valence-corrected chi connectivity index (χ4v) is 1.86. The van der Waals surface area contributed by atoms with Crippen molar-refractivity contribution in [3.8, 4) is 0 Å². The molecular formula is C12H22O5Si. The van der Waals surface area contributed by atoms with Gasteiger partial charge in [-0.1, -0.05) is 19.6 Å². The van der Waals surface area contributed by atoms with Gasteiger partial charge in [-0.2, -0.15) is 0 Å². The molecule has 0 unspecified atom stereocenters. The standard InChI is InChI=1S/2C4H6O2.C4H10OSi/c2*1-3(2)4(5)6;1-2-4-6-5-3-1/h2*1H2,2H3,(H,5,6);1-4,6H2. The number of hydrogen-bond acceptors (Lipinski definition) is 3. The lowest BCUT2D eigenvalue weighted by Gasteiger charge is -2.07. The summed E-state index contributed by atoms with van der Waals surface area (Å²) < 4.78 is 5.21. The number of rotatable bonds is 2. The van der Waals surface area contributed by atoms with Gasteiger partial charge in [-0.25, -0.2) is 9.59 Å². The third-order valence-corrected chi connectivity index (χ3v) is 3.17. The second-order valence-electron chi connectivity index (χ2n) is 3.84. The molecule has 0 radical (unpaired) electrons. The molecule has 0 aliphatic carbocycles. The van der Waals surface area contributed by atoms with Crippen LogP contribution in [0.15, 0.2) is 24.3 Å².